The topological polar surface area (TPSA) is 69.2 Å². The third-order valence-corrected chi connectivity index (χ3v) is 4.87. The number of methoxy groups -OCH3 is 3. The van der Waals surface area contributed by atoms with Crippen LogP contribution in [-0.2, 0) is 4.79 Å². The summed E-state index contributed by atoms with van der Waals surface area (Å²) in [5, 5.41) is 3.27. The maximum Gasteiger partial charge on any atom is 0.275 e. The van der Waals surface area contributed by atoms with Crippen LogP contribution in [0.2, 0.25) is 5.02 Å². The number of benzene rings is 2. The number of carbonyl (C=O) groups excluding carboxylic acids is 1. The Morgan fingerprint density at radius 3 is 2.33 bits per heavy atom. The molecular formula is C19H16ClIN2O4. The van der Waals surface area contributed by atoms with Gasteiger partial charge in [-0.3, -0.25) is 4.79 Å². The van der Waals surface area contributed by atoms with E-state index < -0.39 is 0 Å². The molecule has 0 radical (unpaired) electrons. The quantitative estimate of drug-likeness (QED) is 0.502. The molecule has 6 nitrogen and oxygen atoms in total. The molecule has 2 aromatic carbocycles. The van der Waals surface area contributed by atoms with E-state index in [0.29, 0.717) is 39.2 Å². The van der Waals surface area contributed by atoms with E-state index in [4.69, 9.17) is 25.8 Å². The van der Waals surface area contributed by atoms with Crippen molar-refractivity contribution >= 4 is 52.0 Å². The van der Waals surface area contributed by atoms with Crippen molar-refractivity contribution in [2.75, 3.05) is 21.3 Å². The number of hydrogen-bond acceptors (Lipinski definition) is 5. The molecule has 1 aliphatic rings. The maximum atomic E-state index is 12.4. The molecule has 8 heteroatoms. The van der Waals surface area contributed by atoms with Gasteiger partial charge in [0.2, 0.25) is 5.75 Å². The molecule has 0 atom stereocenters. The van der Waals surface area contributed by atoms with Crippen LogP contribution >= 0.6 is 34.2 Å². The maximum absolute atomic E-state index is 12.4. The number of halogens is 2. The van der Waals surface area contributed by atoms with Crippen molar-refractivity contribution in [2.24, 2.45) is 4.99 Å². The number of amidine groups is 1. The van der Waals surface area contributed by atoms with Gasteiger partial charge in [-0.25, -0.2) is 4.99 Å². The van der Waals surface area contributed by atoms with Crippen molar-refractivity contribution in [3.05, 3.63) is 55.7 Å². The third kappa shape index (κ3) is 4.03. The van der Waals surface area contributed by atoms with Gasteiger partial charge < -0.3 is 19.5 Å². The highest BCUT2D eigenvalue weighted by atomic mass is 127. The number of ether oxygens (including phenoxy) is 3. The summed E-state index contributed by atoms with van der Waals surface area (Å²) in [6, 6.07) is 9.01. The van der Waals surface area contributed by atoms with Gasteiger partial charge in [-0.05, 0) is 64.6 Å². The lowest BCUT2D eigenvalue weighted by molar-refractivity contribution is -0.115. The molecule has 0 aromatic heterocycles. The Kier molecular flexibility index (Phi) is 5.91. The first kappa shape index (κ1) is 19.5. The summed E-state index contributed by atoms with van der Waals surface area (Å²) in [5.41, 5.74) is 1.62. The fourth-order valence-corrected chi connectivity index (χ4v) is 3.32. The molecule has 1 heterocycles. The molecule has 0 fully saturated rings. The van der Waals surface area contributed by atoms with Gasteiger partial charge in [0, 0.05) is 9.13 Å². The third-order valence-electron chi connectivity index (χ3n) is 3.87. The number of nitrogens with zero attached hydrogens (tertiary/aromatic N) is 1. The normalized spacial score (nSPS) is 14.8. The van der Waals surface area contributed by atoms with Crippen LogP contribution < -0.4 is 19.5 Å². The Bertz CT molecular complexity index is 947. The molecule has 1 aliphatic heterocycles. The second-order valence-electron chi connectivity index (χ2n) is 5.53. The Morgan fingerprint density at radius 2 is 1.74 bits per heavy atom. The van der Waals surface area contributed by atoms with Gasteiger partial charge in [0.15, 0.2) is 11.5 Å². The van der Waals surface area contributed by atoms with Crippen molar-refractivity contribution in [3.8, 4) is 17.2 Å². The molecular weight excluding hydrogens is 483 g/mol. The summed E-state index contributed by atoms with van der Waals surface area (Å²) < 4.78 is 17.0. The summed E-state index contributed by atoms with van der Waals surface area (Å²) in [7, 11) is 4.60. The first-order chi connectivity index (χ1) is 13.0. The molecule has 27 heavy (non-hydrogen) atoms. The molecule has 1 amide bonds. The van der Waals surface area contributed by atoms with Crippen LogP contribution in [0, 0.1) is 3.57 Å². The van der Waals surface area contributed by atoms with E-state index in [1.807, 2.05) is 12.1 Å². The van der Waals surface area contributed by atoms with Crippen LogP contribution in [0.15, 0.2) is 41.0 Å². The van der Waals surface area contributed by atoms with Gasteiger partial charge >= 0.3 is 0 Å². The highest BCUT2D eigenvalue weighted by molar-refractivity contribution is 14.1. The number of nitrogens with one attached hydrogen (secondary N) is 1. The summed E-state index contributed by atoms with van der Waals surface area (Å²) >= 11 is 8.42. The van der Waals surface area contributed by atoms with Gasteiger partial charge in [-0.15, -0.1) is 0 Å². The zero-order chi connectivity index (χ0) is 19.6. The van der Waals surface area contributed by atoms with Gasteiger partial charge in [0.1, 0.15) is 11.5 Å². The zero-order valence-corrected chi connectivity index (χ0v) is 17.7. The fourth-order valence-electron chi connectivity index (χ4n) is 2.62. The Balaban J connectivity index is 2.03. The molecule has 2 aromatic rings. The van der Waals surface area contributed by atoms with Gasteiger partial charge in [0.25, 0.3) is 5.91 Å². The minimum absolute atomic E-state index is 0.259. The van der Waals surface area contributed by atoms with Gasteiger partial charge in [-0.2, -0.15) is 0 Å². The molecule has 0 unspecified atom stereocenters. The largest absolute Gasteiger partial charge is 0.493 e. The smallest absolute Gasteiger partial charge is 0.275 e. The fraction of sp³-hybridized carbons (Fsp3) is 0.158. The summed E-state index contributed by atoms with van der Waals surface area (Å²) in [5.74, 6) is 1.57. The first-order valence-electron chi connectivity index (χ1n) is 7.84. The Hall–Kier alpha value is -2.26. The SMILES string of the molecule is COc1cc(/C=C2/N=C(c3cc(I)ccc3Cl)NC2=O)cc(OC)c1OC. The Labute approximate surface area is 175 Å². The molecule has 140 valence electrons. The predicted octanol–water partition coefficient (Wildman–Crippen LogP) is 3.89. The summed E-state index contributed by atoms with van der Waals surface area (Å²) in [6.45, 7) is 0. The van der Waals surface area contributed by atoms with Gasteiger partial charge in [-0.1, -0.05) is 11.6 Å². The van der Waals surface area contributed by atoms with Crippen molar-refractivity contribution in [2.45, 2.75) is 0 Å². The molecule has 0 aliphatic carbocycles. The lowest BCUT2D eigenvalue weighted by Gasteiger charge is -2.12. The molecule has 3 rings (SSSR count). The van der Waals surface area contributed by atoms with E-state index in [0.717, 1.165) is 3.57 Å². The highest BCUT2D eigenvalue weighted by Crippen LogP contribution is 2.39. The van der Waals surface area contributed by atoms with Crippen molar-refractivity contribution in [1.82, 2.24) is 5.32 Å². The van der Waals surface area contributed by atoms with Crippen LogP contribution in [-0.4, -0.2) is 33.1 Å². The number of hydrogen-bond donors (Lipinski definition) is 1. The lowest BCUT2D eigenvalue weighted by atomic mass is 10.1. The van der Waals surface area contributed by atoms with Crippen LogP contribution in [0.4, 0.5) is 0 Å². The average molecular weight is 499 g/mol. The van der Waals surface area contributed by atoms with Crippen molar-refractivity contribution in [3.63, 3.8) is 0 Å². The molecule has 0 saturated heterocycles. The second-order valence-corrected chi connectivity index (χ2v) is 7.18. The first-order valence-corrected chi connectivity index (χ1v) is 9.29. The van der Waals surface area contributed by atoms with E-state index in [2.05, 4.69) is 32.9 Å². The van der Waals surface area contributed by atoms with Crippen LogP contribution in [0.5, 0.6) is 17.2 Å². The molecule has 0 bridgehead atoms. The zero-order valence-electron chi connectivity index (χ0n) is 14.8. The van der Waals surface area contributed by atoms with E-state index in [-0.39, 0.29) is 11.6 Å². The van der Waals surface area contributed by atoms with Crippen molar-refractivity contribution in [1.29, 1.82) is 0 Å². The van der Waals surface area contributed by atoms with Crippen molar-refractivity contribution < 1.29 is 19.0 Å². The Morgan fingerprint density at radius 1 is 1.07 bits per heavy atom. The van der Waals surface area contributed by atoms with Crippen LogP contribution in [0.3, 0.4) is 0 Å². The molecule has 0 saturated carbocycles. The molecule has 0 spiro atoms. The monoisotopic (exact) mass is 498 g/mol. The van der Waals surface area contributed by atoms with Crippen LogP contribution in [0.25, 0.3) is 6.08 Å². The average Bonchev–Trinajstić information content (AvgIpc) is 3.02. The van der Waals surface area contributed by atoms with Crippen LogP contribution in [0.1, 0.15) is 11.1 Å². The summed E-state index contributed by atoms with van der Waals surface area (Å²) in [6.07, 6.45) is 1.65. The van der Waals surface area contributed by atoms with E-state index in [1.54, 1.807) is 24.3 Å². The van der Waals surface area contributed by atoms with E-state index in [1.165, 1.54) is 21.3 Å². The number of rotatable bonds is 5. The number of amides is 1. The van der Waals surface area contributed by atoms with Gasteiger partial charge in [0.05, 0.1) is 26.4 Å². The molecule has 1 N–H and O–H groups in total. The standard InChI is InChI=1S/C19H16ClIN2O4/c1-25-15-7-10(8-16(26-2)17(15)27-3)6-14-19(24)23-18(22-14)12-9-11(21)4-5-13(12)20/h4-9H,1-3H3,(H,22,23,24)/b14-6+. The number of carbonyl (C=O) groups is 1. The van der Waals surface area contributed by atoms with E-state index in [9.17, 15) is 4.79 Å². The minimum Gasteiger partial charge on any atom is -0.493 e. The second kappa shape index (κ2) is 8.18. The lowest BCUT2D eigenvalue weighted by Crippen LogP contribution is -2.25. The predicted molar refractivity (Wildman–Crippen MR) is 113 cm³/mol. The minimum atomic E-state index is -0.311. The summed E-state index contributed by atoms with van der Waals surface area (Å²) in [4.78, 5) is 16.8. The highest BCUT2D eigenvalue weighted by Gasteiger charge is 2.23. The number of aliphatic imine (C=N–C) groups is 1. The van der Waals surface area contributed by atoms with E-state index >= 15 is 0 Å².